The molecule has 6 nitrogen and oxygen atoms in total. The van der Waals surface area contributed by atoms with E-state index >= 15 is 0 Å². The summed E-state index contributed by atoms with van der Waals surface area (Å²) in [5.74, 6) is -0.00387. The van der Waals surface area contributed by atoms with Crippen LogP contribution in [0.25, 0.3) is 5.82 Å². The summed E-state index contributed by atoms with van der Waals surface area (Å²) in [4.78, 5) is 11.3. The van der Waals surface area contributed by atoms with Crippen molar-refractivity contribution in [3.63, 3.8) is 0 Å². The molecule has 0 aromatic carbocycles. The van der Waals surface area contributed by atoms with E-state index in [4.69, 9.17) is 11.6 Å². The molecule has 0 saturated carbocycles. The average molecular weight is 253 g/mol. The Kier molecular flexibility index (Phi) is 3.06. The van der Waals surface area contributed by atoms with Crippen LogP contribution in [0, 0.1) is 6.92 Å². The first-order chi connectivity index (χ1) is 8.11. The summed E-state index contributed by atoms with van der Waals surface area (Å²) in [6, 6.07) is 4.88. The van der Waals surface area contributed by atoms with Crippen molar-refractivity contribution in [1.82, 2.24) is 20.0 Å². The van der Waals surface area contributed by atoms with Crippen molar-refractivity contribution in [3.8, 4) is 5.82 Å². The number of hydrogen-bond donors (Lipinski definition) is 0. The Labute approximate surface area is 102 Å². The quantitative estimate of drug-likeness (QED) is 0.756. The van der Waals surface area contributed by atoms with Crippen LogP contribution in [0.5, 0.6) is 0 Å². The van der Waals surface area contributed by atoms with Crippen molar-refractivity contribution in [2.24, 2.45) is 0 Å². The molecule has 0 aliphatic carbocycles. The maximum Gasteiger partial charge on any atom is 0.358 e. The Morgan fingerprint density at radius 2 is 2.18 bits per heavy atom. The number of rotatable bonds is 2. The predicted molar refractivity (Wildman–Crippen MR) is 60.2 cm³/mol. The minimum absolute atomic E-state index is 0.224. The van der Waals surface area contributed by atoms with Gasteiger partial charge in [0.05, 0.1) is 7.11 Å². The zero-order valence-corrected chi connectivity index (χ0v) is 9.97. The first kappa shape index (κ1) is 11.5. The van der Waals surface area contributed by atoms with Crippen LogP contribution in [0.4, 0.5) is 0 Å². The van der Waals surface area contributed by atoms with Crippen LogP contribution >= 0.6 is 11.6 Å². The molecule has 0 atom stereocenters. The molecule has 2 rings (SSSR count). The van der Waals surface area contributed by atoms with Crippen molar-refractivity contribution in [2.45, 2.75) is 6.92 Å². The molecule has 0 saturated heterocycles. The molecule has 88 valence electrons. The van der Waals surface area contributed by atoms with E-state index in [0.717, 1.165) is 5.69 Å². The number of esters is 1. The van der Waals surface area contributed by atoms with Crippen LogP contribution in [0.15, 0.2) is 18.2 Å². The van der Waals surface area contributed by atoms with Gasteiger partial charge in [-0.05, 0) is 25.1 Å². The molecule has 0 aliphatic rings. The van der Waals surface area contributed by atoms with E-state index in [0.29, 0.717) is 11.0 Å². The molecule has 0 bridgehead atoms. The van der Waals surface area contributed by atoms with E-state index in [1.165, 1.54) is 11.8 Å². The topological polar surface area (TPSA) is 69.9 Å². The second-order valence-corrected chi connectivity index (χ2v) is 3.68. The van der Waals surface area contributed by atoms with E-state index in [-0.39, 0.29) is 5.69 Å². The molecule has 0 amide bonds. The number of carbonyl (C=O) groups excluding carboxylic acids is 1. The lowest BCUT2D eigenvalue weighted by Gasteiger charge is -2.01. The van der Waals surface area contributed by atoms with Crippen molar-refractivity contribution >= 4 is 17.6 Å². The van der Waals surface area contributed by atoms with Gasteiger partial charge in [0.15, 0.2) is 16.7 Å². The third-order valence-corrected chi connectivity index (χ3v) is 2.32. The minimum atomic E-state index is -0.492. The fourth-order valence-electron chi connectivity index (χ4n) is 1.33. The predicted octanol–water partition coefficient (Wildman–Crippen LogP) is 1.41. The number of carbonyl (C=O) groups is 1. The van der Waals surface area contributed by atoms with Crippen LogP contribution < -0.4 is 0 Å². The fraction of sp³-hybridized carbons (Fsp3) is 0.200. The summed E-state index contributed by atoms with van der Waals surface area (Å²) in [6.07, 6.45) is 0. The monoisotopic (exact) mass is 252 g/mol. The Bertz CT molecular complexity index is 550. The first-order valence-electron chi connectivity index (χ1n) is 4.76. The summed E-state index contributed by atoms with van der Waals surface area (Å²) in [7, 11) is 1.30. The van der Waals surface area contributed by atoms with Gasteiger partial charge in [0.25, 0.3) is 0 Å². The summed E-state index contributed by atoms with van der Waals surface area (Å²) < 4.78 is 6.08. The smallest absolute Gasteiger partial charge is 0.358 e. The normalized spacial score (nSPS) is 10.3. The largest absolute Gasteiger partial charge is 0.464 e. The van der Waals surface area contributed by atoms with Gasteiger partial charge in [-0.25, -0.2) is 9.48 Å². The average Bonchev–Trinajstić information content (AvgIpc) is 2.71. The number of nitrogens with zero attached hydrogens (tertiary/aromatic N) is 4. The van der Waals surface area contributed by atoms with E-state index in [1.807, 2.05) is 0 Å². The molecule has 0 unspecified atom stereocenters. The standard InChI is InChI=1S/C10H9ClN4O2/c1-6-5-7(10(16)17-2)14-15(6)9-4-3-8(11)12-13-9/h3-5H,1-2H3. The summed E-state index contributed by atoms with van der Waals surface area (Å²) in [5, 5.41) is 12.0. The summed E-state index contributed by atoms with van der Waals surface area (Å²) >= 11 is 5.64. The lowest BCUT2D eigenvalue weighted by Crippen LogP contribution is -2.06. The van der Waals surface area contributed by atoms with Crippen LogP contribution in [0.1, 0.15) is 16.2 Å². The molecule has 0 spiro atoms. The molecule has 0 aliphatic heterocycles. The molecule has 17 heavy (non-hydrogen) atoms. The number of hydrogen-bond acceptors (Lipinski definition) is 5. The number of aromatic nitrogens is 4. The van der Waals surface area contributed by atoms with Gasteiger partial charge in [0, 0.05) is 5.69 Å². The van der Waals surface area contributed by atoms with Crippen molar-refractivity contribution in [2.75, 3.05) is 7.11 Å². The Hall–Kier alpha value is -1.95. The highest BCUT2D eigenvalue weighted by molar-refractivity contribution is 6.29. The van der Waals surface area contributed by atoms with Crippen LogP contribution in [0.2, 0.25) is 5.15 Å². The van der Waals surface area contributed by atoms with Gasteiger partial charge in [0.1, 0.15) is 0 Å². The Morgan fingerprint density at radius 1 is 1.41 bits per heavy atom. The lowest BCUT2D eigenvalue weighted by molar-refractivity contribution is 0.0593. The lowest BCUT2D eigenvalue weighted by atomic mass is 10.4. The summed E-state index contributed by atoms with van der Waals surface area (Å²) in [6.45, 7) is 1.80. The Balaban J connectivity index is 2.42. The third-order valence-electron chi connectivity index (χ3n) is 2.12. The van der Waals surface area contributed by atoms with Gasteiger partial charge in [-0.15, -0.1) is 10.2 Å². The van der Waals surface area contributed by atoms with Gasteiger partial charge >= 0.3 is 5.97 Å². The molecule has 0 radical (unpaired) electrons. The van der Waals surface area contributed by atoms with Gasteiger partial charge in [-0.3, -0.25) is 0 Å². The van der Waals surface area contributed by atoms with Gasteiger partial charge in [-0.1, -0.05) is 11.6 Å². The van der Waals surface area contributed by atoms with Crippen molar-refractivity contribution < 1.29 is 9.53 Å². The maximum absolute atomic E-state index is 11.3. The Morgan fingerprint density at radius 3 is 2.76 bits per heavy atom. The van der Waals surface area contributed by atoms with Crippen LogP contribution in [-0.2, 0) is 4.74 Å². The molecular formula is C10H9ClN4O2. The van der Waals surface area contributed by atoms with Gasteiger partial charge in [-0.2, -0.15) is 5.10 Å². The van der Waals surface area contributed by atoms with Gasteiger partial charge < -0.3 is 4.74 Å². The van der Waals surface area contributed by atoms with Crippen LogP contribution in [0.3, 0.4) is 0 Å². The zero-order valence-electron chi connectivity index (χ0n) is 9.22. The molecule has 7 heteroatoms. The van der Waals surface area contributed by atoms with E-state index in [1.54, 1.807) is 25.1 Å². The minimum Gasteiger partial charge on any atom is -0.464 e. The number of aryl methyl sites for hydroxylation is 1. The zero-order chi connectivity index (χ0) is 12.4. The van der Waals surface area contributed by atoms with Crippen LogP contribution in [-0.4, -0.2) is 33.1 Å². The van der Waals surface area contributed by atoms with Gasteiger partial charge in [0.2, 0.25) is 0 Å². The number of halogens is 1. The fourth-order valence-corrected chi connectivity index (χ4v) is 1.43. The number of ether oxygens (including phenoxy) is 1. The highest BCUT2D eigenvalue weighted by Crippen LogP contribution is 2.11. The highest BCUT2D eigenvalue weighted by atomic mass is 35.5. The second kappa shape index (κ2) is 4.50. The maximum atomic E-state index is 11.3. The molecule has 2 aromatic heterocycles. The molecule has 2 heterocycles. The van der Waals surface area contributed by atoms with Crippen molar-refractivity contribution in [1.29, 1.82) is 0 Å². The van der Waals surface area contributed by atoms with Crippen molar-refractivity contribution in [3.05, 3.63) is 34.7 Å². The molecule has 0 N–H and O–H groups in total. The van der Waals surface area contributed by atoms with E-state index in [2.05, 4.69) is 20.0 Å². The SMILES string of the molecule is COC(=O)c1cc(C)n(-c2ccc(Cl)nn2)n1. The van der Waals surface area contributed by atoms with E-state index in [9.17, 15) is 4.79 Å². The highest BCUT2D eigenvalue weighted by Gasteiger charge is 2.14. The molecule has 2 aromatic rings. The first-order valence-corrected chi connectivity index (χ1v) is 5.14. The molecule has 0 fully saturated rings. The second-order valence-electron chi connectivity index (χ2n) is 3.29. The third kappa shape index (κ3) is 2.26. The number of methoxy groups -OCH3 is 1. The summed E-state index contributed by atoms with van der Waals surface area (Å²) in [5.41, 5.74) is 0.976. The van der Waals surface area contributed by atoms with E-state index < -0.39 is 5.97 Å². The molecular weight excluding hydrogens is 244 g/mol.